The van der Waals surface area contributed by atoms with E-state index in [1.54, 1.807) is 0 Å². The summed E-state index contributed by atoms with van der Waals surface area (Å²) >= 11 is 0. The van der Waals surface area contributed by atoms with Gasteiger partial charge in [0.05, 0.1) is 0 Å². The van der Waals surface area contributed by atoms with E-state index in [4.69, 9.17) is 5.73 Å². The summed E-state index contributed by atoms with van der Waals surface area (Å²) in [7, 11) is 0. The van der Waals surface area contributed by atoms with E-state index in [2.05, 4.69) is 11.4 Å². The number of amides is 1. The Morgan fingerprint density at radius 3 is 2.75 bits per heavy atom. The van der Waals surface area contributed by atoms with E-state index in [9.17, 15) is 4.79 Å². The standard InChI is InChI=1S/C17H18N2O/c18-11-15-4-1-2-7-16(15)19-17(20)14-9-8-12-5-3-6-13(12)10-14/h1-2,4,7-10H,3,5-6,11,18H2,(H,19,20). The molecule has 3 N–H and O–H groups in total. The van der Waals surface area contributed by atoms with Crippen molar-refractivity contribution in [2.75, 3.05) is 5.32 Å². The number of benzene rings is 2. The molecule has 102 valence electrons. The fourth-order valence-electron chi connectivity index (χ4n) is 2.73. The van der Waals surface area contributed by atoms with Gasteiger partial charge in [-0.2, -0.15) is 0 Å². The summed E-state index contributed by atoms with van der Waals surface area (Å²) in [5, 5.41) is 2.95. The van der Waals surface area contributed by atoms with Crippen molar-refractivity contribution in [3.63, 3.8) is 0 Å². The number of hydrogen-bond donors (Lipinski definition) is 2. The second-order valence-electron chi connectivity index (χ2n) is 5.15. The average Bonchev–Trinajstić information content (AvgIpc) is 2.95. The zero-order valence-electron chi connectivity index (χ0n) is 11.4. The van der Waals surface area contributed by atoms with E-state index < -0.39 is 0 Å². The first-order valence-electron chi connectivity index (χ1n) is 6.99. The number of hydrogen-bond acceptors (Lipinski definition) is 2. The Hall–Kier alpha value is -2.13. The lowest BCUT2D eigenvalue weighted by molar-refractivity contribution is 0.102. The van der Waals surface area contributed by atoms with Crippen LogP contribution in [0.15, 0.2) is 42.5 Å². The number of aryl methyl sites for hydroxylation is 2. The Bertz CT molecular complexity index is 649. The number of fused-ring (bicyclic) bond motifs is 1. The molecule has 0 aromatic heterocycles. The Morgan fingerprint density at radius 1 is 1.10 bits per heavy atom. The smallest absolute Gasteiger partial charge is 0.255 e. The molecule has 3 rings (SSSR count). The molecular weight excluding hydrogens is 248 g/mol. The van der Waals surface area contributed by atoms with Crippen molar-refractivity contribution in [2.24, 2.45) is 5.73 Å². The quantitative estimate of drug-likeness (QED) is 0.897. The molecule has 0 saturated heterocycles. The van der Waals surface area contributed by atoms with Crippen LogP contribution in [0.2, 0.25) is 0 Å². The van der Waals surface area contributed by atoms with Crippen LogP contribution in [-0.4, -0.2) is 5.91 Å². The number of para-hydroxylation sites is 1. The van der Waals surface area contributed by atoms with Crippen LogP contribution in [-0.2, 0) is 19.4 Å². The van der Waals surface area contributed by atoms with Gasteiger partial charge in [-0.3, -0.25) is 4.79 Å². The van der Waals surface area contributed by atoms with Gasteiger partial charge in [0.25, 0.3) is 5.91 Å². The topological polar surface area (TPSA) is 55.1 Å². The molecule has 1 aliphatic carbocycles. The van der Waals surface area contributed by atoms with Gasteiger partial charge in [0.2, 0.25) is 0 Å². The van der Waals surface area contributed by atoms with Gasteiger partial charge in [-0.15, -0.1) is 0 Å². The van der Waals surface area contributed by atoms with Crippen LogP contribution in [0, 0.1) is 0 Å². The van der Waals surface area contributed by atoms with Crippen molar-refractivity contribution in [1.82, 2.24) is 0 Å². The molecule has 0 atom stereocenters. The molecule has 0 bridgehead atoms. The lowest BCUT2D eigenvalue weighted by atomic mass is 10.1. The van der Waals surface area contributed by atoms with Crippen LogP contribution >= 0.6 is 0 Å². The third-order valence-corrected chi connectivity index (χ3v) is 3.85. The number of nitrogens with one attached hydrogen (secondary N) is 1. The molecule has 0 heterocycles. The largest absolute Gasteiger partial charge is 0.326 e. The zero-order chi connectivity index (χ0) is 13.9. The van der Waals surface area contributed by atoms with Gasteiger partial charge in [0.15, 0.2) is 0 Å². The predicted molar refractivity (Wildman–Crippen MR) is 80.8 cm³/mol. The van der Waals surface area contributed by atoms with Gasteiger partial charge < -0.3 is 11.1 Å². The van der Waals surface area contributed by atoms with Crippen molar-refractivity contribution in [3.8, 4) is 0 Å². The van der Waals surface area contributed by atoms with Crippen LogP contribution in [0.25, 0.3) is 0 Å². The van der Waals surface area contributed by atoms with Gasteiger partial charge >= 0.3 is 0 Å². The summed E-state index contributed by atoms with van der Waals surface area (Å²) < 4.78 is 0. The fourth-order valence-corrected chi connectivity index (χ4v) is 2.73. The minimum absolute atomic E-state index is 0.0689. The van der Waals surface area contributed by atoms with Crippen LogP contribution < -0.4 is 11.1 Å². The number of nitrogens with two attached hydrogens (primary N) is 1. The molecule has 3 heteroatoms. The van der Waals surface area contributed by atoms with Gasteiger partial charge in [-0.05, 0) is 54.2 Å². The SMILES string of the molecule is NCc1ccccc1NC(=O)c1ccc2c(c1)CCC2. The molecule has 0 saturated carbocycles. The fraction of sp³-hybridized carbons (Fsp3) is 0.235. The molecule has 0 spiro atoms. The molecular formula is C17H18N2O. The lowest BCUT2D eigenvalue weighted by Crippen LogP contribution is -2.14. The molecule has 0 unspecified atom stereocenters. The number of carbonyl (C=O) groups is 1. The molecule has 2 aromatic carbocycles. The minimum atomic E-state index is -0.0689. The first-order chi connectivity index (χ1) is 9.78. The van der Waals surface area contributed by atoms with Crippen LogP contribution in [0.4, 0.5) is 5.69 Å². The summed E-state index contributed by atoms with van der Waals surface area (Å²) in [4.78, 5) is 12.3. The second-order valence-corrected chi connectivity index (χ2v) is 5.15. The van der Waals surface area contributed by atoms with E-state index >= 15 is 0 Å². The normalized spacial score (nSPS) is 13.1. The van der Waals surface area contributed by atoms with Gasteiger partial charge in [0, 0.05) is 17.8 Å². The molecule has 3 nitrogen and oxygen atoms in total. The maximum absolute atomic E-state index is 12.3. The molecule has 0 fully saturated rings. The highest BCUT2D eigenvalue weighted by Crippen LogP contribution is 2.23. The molecule has 1 amide bonds. The maximum atomic E-state index is 12.3. The van der Waals surface area contributed by atoms with Crippen LogP contribution in [0.5, 0.6) is 0 Å². The van der Waals surface area contributed by atoms with E-state index in [0.29, 0.717) is 6.54 Å². The number of carbonyl (C=O) groups excluding carboxylic acids is 1. The van der Waals surface area contributed by atoms with E-state index in [1.807, 2.05) is 36.4 Å². The zero-order valence-corrected chi connectivity index (χ0v) is 11.4. The Balaban J connectivity index is 1.83. The first-order valence-corrected chi connectivity index (χ1v) is 6.99. The summed E-state index contributed by atoms with van der Waals surface area (Å²) in [6.07, 6.45) is 3.40. The molecule has 0 radical (unpaired) electrons. The summed E-state index contributed by atoms with van der Waals surface area (Å²) in [6.45, 7) is 0.417. The third-order valence-electron chi connectivity index (χ3n) is 3.85. The van der Waals surface area contributed by atoms with Gasteiger partial charge in [-0.1, -0.05) is 24.3 Å². The van der Waals surface area contributed by atoms with Gasteiger partial charge in [-0.25, -0.2) is 0 Å². The van der Waals surface area contributed by atoms with E-state index in [-0.39, 0.29) is 5.91 Å². The maximum Gasteiger partial charge on any atom is 0.255 e. The average molecular weight is 266 g/mol. The van der Waals surface area contributed by atoms with Crippen LogP contribution in [0.1, 0.15) is 33.5 Å². The molecule has 20 heavy (non-hydrogen) atoms. The highest BCUT2D eigenvalue weighted by Gasteiger charge is 2.14. The monoisotopic (exact) mass is 266 g/mol. The number of anilines is 1. The van der Waals surface area contributed by atoms with Crippen molar-refractivity contribution >= 4 is 11.6 Å². The van der Waals surface area contributed by atoms with Gasteiger partial charge in [0.1, 0.15) is 0 Å². The van der Waals surface area contributed by atoms with Crippen molar-refractivity contribution in [2.45, 2.75) is 25.8 Å². The van der Waals surface area contributed by atoms with Crippen molar-refractivity contribution in [1.29, 1.82) is 0 Å². The first kappa shape index (κ1) is 12.9. The Labute approximate surface area is 118 Å². The molecule has 1 aliphatic rings. The third kappa shape index (κ3) is 2.45. The molecule has 2 aromatic rings. The Morgan fingerprint density at radius 2 is 1.90 bits per heavy atom. The lowest BCUT2D eigenvalue weighted by Gasteiger charge is -2.10. The highest BCUT2D eigenvalue weighted by atomic mass is 16.1. The predicted octanol–water partition coefficient (Wildman–Crippen LogP) is 2.89. The highest BCUT2D eigenvalue weighted by molar-refractivity contribution is 6.04. The van der Waals surface area contributed by atoms with Crippen LogP contribution in [0.3, 0.4) is 0 Å². The summed E-state index contributed by atoms with van der Waals surface area (Å²) in [5.41, 5.74) is 10.8. The number of rotatable bonds is 3. The summed E-state index contributed by atoms with van der Waals surface area (Å²) in [5.74, 6) is -0.0689. The van der Waals surface area contributed by atoms with E-state index in [1.165, 1.54) is 17.5 Å². The minimum Gasteiger partial charge on any atom is -0.326 e. The summed E-state index contributed by atoms with van der Waals surface area (Å²) in [6, 6.07) is 13.6. The van der Waals surface area contributed by atoms with Crippen molar-refractivity contribution in [3.05, 3.63) is 64.7 Å². The van der Waals surface area contributed by atoms with E-state index in [0.717, 1.165) is 29.7 Å². The second kappa shape index (κ2) is 5.47. The van der Waals surface area contributed by atoms with Crippen molar-refractivity contribution < 1.29 is 4.79 Å². The molecule has 0 aliphatic heterocycles. The Kier molecular flexibility index (Phi) is 3.52.